The molecule has 1 atom stereocenters. The second-order valence-corrected chi connectivity index (χ2v) is 7.00. The molecule has 0 bridgehead atoms. The lowest BCUT2D eigenvalue weighted by molar-refractivity contribution is 0.0691. The van der Waals surface area contributed by atoms with Crippen molar-refractivity contribution in [2.45, 2.75) is 38.8 Å². The minimum absolute atomic E-state index is 0.171. The Morgan fingerprint density at radius 1 is 1.37 bits per heavy atom. The summed E-state index contributed by atoms with van der Waals surface area (Å²) >= 11 is 0. The fourth-order valence-corrected chi connectivity index (χ4v) is 4.00. The molecule has 4 rings (SSSR count). The second kappa shape index (κ2) is 6.28. The van der Waals surface area contributed by atoms with E-state index in [2.05, 4.69) is 15.6 Å². The van der Waals surface area contributed by atoms with Crippen LogP contribution in [0.1, 0.15) is 35.0 Å². The van der Waals surface area contributed by atoms with E-state index in [1.807, 2.05) is 18.2 Å². The van der Waals surface area contributed by atoms with Crippen LogP contribution in [0.15, 0.2) is 29.1 Å². The highest BCUT2D eigenvalue weighted by Crippen LogP contribution is 2.33. The predicted molar refractivity (Wildman–Crippen MR) is 102 cm³/mol. The van der Waals surface area contributed by atoms with Gasteiger partial charge in [0, 0.05) is 41.2 Å². The Bertz CT molecular complexity index is 1130. The SMILES string of the molecule is CCc1c(-c2ccc3c(c2)cc2n3CCC(N)C2)[nH]c(=O)c(C(=O)O)c1O. The summed E-state index contributed by atoms with van der Waals surface area (Å²) in [5.41, 5.74) is 8.53. The molecule has 0 spiro atoms. The number of aromatic nitrogens is 2. The molecule has 3 aromatic rings. The van der Waals surface area contributed by atoms with E-state index >= 15 is 0 Å². The first-order valence-corrected chi connectivity index (χ1v) is 9.00. The Morgan fingerprint density at radius 3 is 2.85 bits per heavy atom. The van der Waals surface area contributed by atoms with Crippen LogP contribution >= 0.6 is 0 Å². The number of aryl methyl sites for hydroxylation is 1. The number of H-pyrrole nitrogens is 1. The van der Waals surface area contributed by atoms with Crippen LogP contribution < -0.4 is 11.3 Å². The van der Waals surface area contributed by atoms with Gasteiger partial charge in [-0.1, -0.05) is 13.0 Å². The summed E-state index contributed by atoms with van der Waals surface area (Å²) in [6, 6.07) is 8.10. The van der Waals surface area contributed by atoms with Crippen molar-refractivity contribution < 1.29 is 15.0 Å². The van der Waals surface area contributed by atoms with Gasteiger partial charge >= 0.3 is 5.97 Å². The highest BCUT2D eigenvalue weighted by Gasteiger charge is 2.23. The van der Waals surface area contributed by atoms with E-state index in [-0.39, 0.29) is 6.04 Å². The third-order valence-electron chi connectivity index (χ3n) is 5.33. The number of aromatic amines is 1. The Labute approximate surface area is 155 Å². The Hall–Kier alpha value is -3.06. The third kappa shape index (κ3) is 2.71. The number of hydrogen-bond acceptors (Lipinski definition) is 4. The molecule has 140 valence electrons. The Kier molecular flexibility index (Phi) is 4.04. The molecule has 27 heavy (non-hydrogen) atoms. The number of nitrogens with zero attached hydrogens (tertiary/aromatic N) is 1. The van der Waals surface area contributed by atoms with Crippen molar-refractivity contribution in [3.8, 4) is 17.0 Å². The molecule has 3 heterocycles. The van der Waals surface area contributed by atoms with Gasteiger partial charge in [-0.3, -0.25) is 4.79 Å². The van der Waals surface area contributed by atoms with E-state index in [0.717, 1.165) is 35.9 Å². The van der Waals surface area contributed by atoms with Crippen LogP contribution in [0.25, 0.3) is 22.2 Å². The van der Waals surface area contributed by atoms with Gasteiger partial charge in [0.15, 0.2) is 5.56 Å². The molecule has 0 amide bonds. The van der Waals surface area contributed by atoms with E-state index in [4.69, 9.17) is 5.73 Å². The number of fused-ring (bicyclic) bond motifs is 3. The molecule has 2 aromatic heterocycles. The first kappa shape index (κ1) is 17.4. The van der Waals surface area contributed by atoms with Gasteiger partial charge in [0.1, 0.15) is 5.75 Å². The number of aromatic carboxylic acids is 1. The number of carboxylic acids is 1. The summed E-state index contributed by atoms with van der Waals surface area (Å²) in [7, 11) is 0. The Morgan fingerprint density at radius 2 is 2.15 bits per heavy atom. The molecule has 0 saturated carbocycles. The van der Waals surface area contributed by atoms with Crippen molar-refractivity contribution in [3.63, 3.8) is 0 Å². The average Bonchev–Trinajstić information content (AvgIpc) is 2.97. The molecule has 0 saturated heterocycles. The zero-order valence-corrected chi connectivity index (χ0v) is 15.0. The first-order chi connectivity index (χ1) is 12.9. The normalized spacial score (nSPS) is 16.4. The summed E-state index contributed by atoms with van der Waals surface area (Å²) in [4.78, 5) is 26.1. The van der Waals surface area contributed by atoms with Gasteiger partial charge in [0.2, 0.25) is 0 Å². The quantitative estimate of drug-likeness (QED) is 0.566. The lowest BCUT2D eigenvalue weighted by Gasteiger charge is -2.21. The lowest BCUT2D eigenvalue weighted by atomic mass is 9.99. The van der Waals surface area contributed by atoms with Crippen molar-refractivity contribution in [1.82, 2.24) is 9.55 Å². The smallest absolute Gasteiger partial charge is 0.345 e. The highest BCUT2D eigenvalue weighted by molar-refractivity contribution is 5.92. The molecule has 0 radical (unpaired) electrons. The van der Waals surface area contributed by atoms with Crippen LogP contribution in [-0.2, 0) is 19.4 Å². The maximum Gasteiger partial charge on any atom is 0.345 e. The topological polar surface area (TPSA) is 121 Å². The van der Waals surface area contributed by atoms with E-state index in [1.165, 1.54) is 5.69 Å². The van der Waals surface area contributed by atoms with E-state index in [9.17, 15) is 19.8 Å². The van der Waals surface area contributed by atoms with Crippen LogP contribution in [0.2, 0.25) is 0 Å². The lowest BCUT2D eigenvalue weighted by Crippen LogP contribution is -2.30. The zero-order chi connectivity index (χ0) is 19.3. The summed E-state index contributed by atoms with van der Waals surface area (Å²) < 4.78 is 2.26. The van der Waals surface area contributed by atoms with Gasteiger partial charge in [-0.25, -0.2) is 4.79 Å². The van der Waals surface area contributed by atoms with Crippen molar-refractivity contribution >= 4 is 16.9 Å². The minimum atomic E-state index is -1.44. The van der Waals surface area contributed by atoms with E-state index in [1.54, 1.807) is 6.92 Å². The molecule has 1 aromatic carbocycles. The van der Waals surface area contributed by atoms with Gasteiger partial charge in [0.05, 0.1) is 5.69 Å². The van der Waals surface area contributed by atoms with Crippen LogP contribution in [-0.4, -0.2) is 31.8 Å². The fraction of sp³-hybridized carbons (Fsp3) is 0.300. The molecule has 1 aliphatic rings. The van der Waals surface area contributed by atoms with E-state index in [0.29, 0.717) is 17.7 Å². The summed E-state index contributed by atoms with van der Waals surface area (Å²) in [5, 5.41) is 20.6. The number of carbonyl (C=O) groups is 1. The molecule has 1 aliphatic heterocycles. The zero-order valence-electron chi connectivity index (χ0n) is 15.0. The van der Waals surface area contributed by atoms with Gasteiger partial charge in [0.25, 0.3) is 5.56 Å². The molecule has 0 aliphatic carbocycles. The number of nitrogens with two attached hydrogens (primary N) is 1. The van der Waals surface area contributed by atoms with Crippen LogP contribution in [0.4, 0.5) is 0 Å². The highest BCUT2D eigenvalue weighted by atomic mass is 16.4. The maximum absolute atomic E-state index is 12.2. The monoisotopic (exact) mass is 367 g/mol. The largest absolute Gasteiger partial charge is 0.506 e. The molecule has 1 unspecified atom stereocenters. The Balaban J connectivity index is 1.90. The molecular formula is C20H21N3O4. The van der Waals surface area contributed by atoms with Gasteiger partial charge in [-0.15, -0.1) is 0 Å². The van der Waals surface area contributed by atoms with Gasteiger partial charge < -0.3 is 25.5 Å². The number of aromatic hydroxyl groups is 1. The molecule has 7 nitrogen and oxygen atoms in total. The third-order valence-corrected chi connectivity index (χ3v) is 5.33. The second-order valence-electron chi connectivity index (χ2n) is 7.00. The van der Waals surface area contributed by atoms with Gasteiger partial charge in [-0.05, 0) is 36.6 Å². The molecule has 5 N–H and O–H groups in total. The van der Waals surface area contributed by atoms with E-state index < -0.39 is 22.8 Å². The molecule has 0 fully saturated rings. The number of hydrogen-bond donors (Lipinski definition) is 4. The predicted octanol–water partition coefficient (Wildman–Crippen LogP) is 2.24. The average molecular weight is 367 g/mol. The van der Waals surface area contributed by atoms with Crippen molar-refractivity contribution in [1.29, 1.82) is 0 Å². The van der Waals surface area contributed by atoms with Crippen LogP contribution in [0, 0.1) is 0 Å². The number of carboxylic acid groups (broad SMARTS) is 1. The van der Waals surface area contributed by atoms with Crippen LogP contribution in [0.3, 0.4) is 0 Å². The summed E-state index contributed by atoms with van der Waals surface area (Å²) in [6.45, 7) is 2.68. The number of pyridine rings is 1. The molecular weight excluding hydrogens is 346 g/mol. The number of rotatable bonds is 3. The van der Waals surface area contributed by atoms with Crippen molar-refractivity contribution in [3.05, 3.63) is 51.4 Å². The number of nitrogens with one attached hydrogen (secondary N) is 1. The fourth-order valence-electron chi connectivity index (χ4n) is 4.00. The van der Waals surface area contributed by atoms with Crippen molar-refractivity contribution in [2.75, 3.05) is 0 Å². The van der Waals surface area contributed by atoms with Crippen molar-refractivity contribution in [2.24, 2.45) is 5.73 Å². The molecule has 7 heteroatoms. The van der Waals surface area contributed by atoms with Gasteiger partial charge in [-0.2, -0.15) is 0 Å². The minimum Gasteiger partial charge on any atom is -0.506 e. The number of benzene rings is 1. The maximum atomic E-state index is 12.2. The standard InChI is InChI=1S/C20H21N3O4/c1-2-14-17(22-19(25)16(18(14)24)20(26)27)10-3-4-15-11(7-10)8-13-9-12(21)5-6-23(13)15/h3-4,7-8,12H,2,5-6,9,21H2,1H3,(H,26,27)(H2,22,24,25). The first-order valence-electron chi connectivity index (χ1n) is 9.00. The summed E-state index contributed by atoms with van der Waals surface area (Å²) in [5.74, 6) is -1.91. The summed E-state index contributed by atoms with van der Waals surface area (Å²) in [6.07, 6.45) is 2.16. The van der Waals surface area contributed by atoms with Crippen LogP contribution in [0.5, 0.6) is 5.75 Å².